The summed E-state index contributed by atoms with van der Waals surface area (Å²) in [4.78, 5) is 23.5. The fourth-order valence-corrected chi connectivity index (χ4v) is 4.31. The van der Waals surface area contributed by atoms with Gasteiger partial charge in [-0.25, -0.2) is 4.79 Å². The molecule has 0 unspecified atom stereocenters. The minimum atomic E-state index is -1.02. The molecule has 0 bridgehead atoms. The lowest BCUT2D eigenvalue weighted by Crippen LogP contribution is -2.62. The normalized spacial score (nSPS) is 33.8. The molecule has 0 saturated carbocycles. The van der Waals surface area contributed by atoms with Crippen LogP contribution in [0.5, 0.6) is 0 Å². The van der Waals surface area contributed by atoms with Gasteiger partial charge in [-0.1, -0.05) is 24.3 Å². The van der Waals surface area contributed by atoms with E-state index in [1.54, 1.807) is 24.3 Å². The topological polar surface area (TPSA) is 95.9 Å². The Kier molecular flexibility index (Phi) is 4.90. The first kappa shape index (κ1) is 18.6. The molecule has 6 heteroatoms. The van der Waals surface area contributed by atoms with Gasteiger partial charge >= 0.3 is 5.97 Å². The third kappa shape index (κ3) is 3.27. The van der Waals surface area contributed by atoms with E-state index in [1.807, 2.05) is 19.9 Å². The lowest BCUT2D eigenvalue weighted by molar-refractivity contribution is -0.165. The van der Waals surface area contributed by atoms with E-state index in [1.165, 1.54) is 6.92 Å². The summed E-state index contributed by atoms with van der Waals surface area (Å²) in [6.45, 7) is 5.28. The number of carbonyl (C=O) groups is 2. The van der Waals surface area contributed by atoms with Crippen molar-refractivity contribution in [3.63, 3.8) is 0 Å². The standard InChI is InChI=1S/C20H25NO5/c1-11-8-9-15-18(17(11)23)26-16(10-20(15,3)21-12(2)22)13-6-4-5-7-14(13)19(24)25/h4-8,15-18,23H,9-10H2,1-3H3,(H,21,22)(H,24,25)/t15-,16+,17-,18-,20-/m1/s1. The molecule has 5 atom stereocenters. The van der Waals surface area contributed by atoms with Crippen LogP contribution >= 0.6 is 0 Å². The maximum absolute atomic E-state index is 11.8. The first-order valence-corrected chi connectivity index (χ1v) is 8.84. The second kappa shape index (κ2) is 6.85. The van der Waals surface area contributed by atoms with Gasteiger partial charge in [0.1, 0.15) is 6.10 Å². The Labute approximate surface area is 152 Å². The summed E-state index contributed by atoms with van der Waals surface area (Å²) in [6, 6.07) is 6.73. The molecule has 26 heavy (non-hydrogen) atoms. The van der Waals surface area contributed by atoms with E-state index in [0.717, 1.165) is 5.57 Å². The number of aliphatic hydroxyl groups is 1. The van der Waals surface area contributed by atoms with Crippen LogP contribution in [0.2, 0.25) is 0 Å². The van der Waals surface area contributed by atoms with E-state index in [0.29, 0.717) is 18.4 Å². The van der Waals surface area contributed by atoms with Gasteiger partial charge in [-0.05, 0) is 37.5 Å². The van der Waals surface area contributed by atoms with Gasteiger partial charge in [-0.2, -0.15) is 0 Å². The second-order valence-electron chi connectivity index (χ2n) is 7.52. The zero-order chi connectivity index (χ0) is 19.1. The van der Waals surface area contributed by atoms with Crippen LogP contribution in [-0.2, 0) is 9.53 Å². The number of fused-ring (bicyclic) bond motifs is 1. The van der Waals surface area contributed by atoms with Gasteiger partial charge in [0.2, 0.25) is 5.91 Å². The molecule has 1 aliphatic carbocycles. The van der Waals surface area contributed by atoms with Crippen molar-refractivity contribution in [2.75, 3.05) is 0 Å². The molecule has 1 saturated heterocycles. The molecule has 1 fully saturated rings. The molecule has 1 aromatic carbocycles. The van der Waals surface area contributed by atoms with Crippen LogP contribution in [0.25, 0.3) is 0 Å². The number of hydrogen-bond donors (Lipinski definition) is 3. The fraction of sp³-hybridized carbons (Fsp3) is 0.500. The van der Waals surface area contributed by atoms with E-state index >= 15 is 0 Å². The number of amides is 1. The highest BCUT2D eigenvalue weighted by molar-refractivity contribution is 5.89. The lowest BCUT2D eigenvalue weighted by atomic mass is 9.68. The summed E-state index contributed by atoms with van der Waals surface area (Å²) in [7, 11) is 0. The van der Waals surface area contributed by atoms with Crippen LogP contribution in [-0.4, -0.2) is 39.8 Å². The predicted octanol–water partition coefficient (Wildman–Crippen LogP) is 2.44. The molecular weight excluding hydrogens is 334 g/mol. The van der Waals surface area contributed by atoms with Crippen LogP contribution in [0, 0.1) is 5.92 Å². The van der Waals surface area contributed by atoms with Crippen molar-refractivity contribution < 1.29 is 24.5 Å². The minimum Gasteiger partial charge on any atom is -0.478 e. The molecule has 1 heterocycles. The van der Waals surface area contributed by atoms with Gasteiger partial charge in [0.05, 0.1) is 17.8 Å². The SMILES string of the molecule is CC(=O)N[C@]1(C)C[C@@H](c2ccccc2C(=O)O)O[C@H]2[C@H](O)C(C)=CC[C@H]21. The number of aliphatic hydroxyl groups excluding tert-OH is 1. The molecule has 1 aliphatic heterocycles. The maximum Gasteiger partial charge on any atom is 0.336 e. The van der Waals surface area contributed by atoms with Gasteiger partial charge in [-0.3, -0.25) is 4.79 Å². The van der Waals surface area contributed by atoms with Crippen LogP contribution in [0.1, 0.15) is 55.6 Å². The number of benzene rings is 1. The molecule has 3 rings (SSSR count). The molecule has 1 aromatic rings. The molecule has 3 N–H and O–H groups in total. The highest BCUT2D eigenvalue weighted by Gasteiger charge is 2.51. The summed E-state index contributed by atoms with van der Waals surface area (Å²) >= 11 is 0. The molecule has 0 radical (unpaired) electrons. The molecule has 2 aliphatic rings. The Bertz CT molecular complexity index is 758. The number of carboxylic acid groups (broad SMARTS) is 1. The average Bonchev–Trinajstić information content (AvgIpc) is 2.57. The minimum absolute atomic E-state index is 0.0849. The van der Waals surface area contributed by atoms with Crippen molar-refractivity contribution >= 4 is 11.9 Å². The largest absolute Gasteiger partial charge is 0.478 e. The number of aromatic carboxylic acids is 1. The third-order valence-electron chi connectivity index (χ3n) is 5.62. The molecule has 1 amide bonds. The smallest absolute Gasteiger partial charge is 0.336 e. The highest BCUT2D eigenvalue weighted by Crippen LogP contribution is 2.47. The van der Waals surface area contributed by atoms with Crippen molar-refractivity contribution in [2.45, 2.75) is 57.5 Å². The number of carboxylic acids is 1. The van der Waals surface area contributed by atoms with Crippen LogP contribution in [0.15, 0.2) is 35.9 Å². The van der Waals surface area contributed by atoms with Crippen molar-refractivity contribution in [3.05, 3.63) is 47.0 Å². The third-order valence-corrected chi connectivity index (χ3v) is 5.62. The van der Waals surface area contributed by atoms with Gasteiger partial charge in [-0.15, -0.1) is 0 Å². The molecule has 6 nitrogen and oxygen atoms in total. The second-order valence-corrected chi connectivity index (χ2v) is 7.52. The Balaban J connectivity index is 2.03. The predicted molar refractivity (Wildman–Crippen MR) is 95.7 cm³/mol. The Hall–Kier alpha value is -2.18. The Morgan fingerprint density at radius 3 is 2.65 bits per heavy atom. The summed E-state index contributed by atoms with van der Waals surface area (Å²) in [5.74, 6) is -1.26. The number of rotatable bonds is 3. The zero-order valence-electron chi connectivity index (χ0n) is 15.2. The summed E-state index contributed by atoms with van der Waals surface area (Å²) in [5.41, 5.74) is 0.972. The van der Waals surface area contributed by atoms with E-state index in [4.69, 9.17) is 4.74 Å². The molecule has 0 spiro atoms. The van der Waals surface area contributed by atoms with E-state index in [-0.39, 0.29) is 17.4 Å². The van der Waals surface area contributed by atoms with Gasteiger partial charge in [0.25, 0.3) is 0 Å². The Morgan fingerprint density at radius 1 is 1.31 bits per heavy atom. The fourth-order valence-electron chi connectivity index (χ4n) is 4.31. The summed E-state index contributed by atoms with van der Waals surface area (Å²) in [5, 5.41) is 23.2. The van der Waals surface area contributed by atoms with Crippen molar-refractivity contribution in [1.82, 2.24) is 5.32 Å². The monoisotopic (exact) mass is 359 g/mol. The van der Waals surface area contributed by atoms with Gasteiger partial charge in [0.15, 0.2) is 0 Å². The van der Waals surface area contributed by atoms with Crippen LogP contribution in [0.4, 0.5) is 0 Å². The number of hydrogen-bond acceptors (Lipinski definition) is 4. The number of nitrogens with one attached hydrogen (secondary N) is 1. The zero-order valence-corrected chi connectivity index (χ0v) is 15.2. The van der Waals surface area contributed by atoms with Crippen molar-refractivity contribution in [2.24, 2.45) is 5.92 Å². The van der Waals surface area contributed by atoms with Crippen molar-refractivity contribution in [1.29, 1.82) is 0 Å². The quantitative estimate of drug-likeness (QED) is 0.721. The molecular formula is C20H25NO5. The number of carbonyl (C=O) groups excluding carboxylic acids is 1. The summed E-state index contributed by atoms with van der Waals surface area (Å²) < 4.78 is 6.22. The average molecular weight is 359 g/mol. The number of ether oxygens (including phenoxy) is 1. The van der Waals surface area contributed by atoms with E-state index in [2.05, 4.69) is 5.32 Å². The molecule has 140 valence electrons. The van der Waals surface area contributed by atoms with Gasteiger partial charge < -0.3 is 20.3 Å². The van der Waals surface area contributed by atoms with E-state index < -0.39 is 29.8 Å². The summed E-state index contributed by atoms with van der Waals surface area (Å²) in [6.07, 6.45) is 1.32. The van der Waals surface area contributed by atoms with Crippen LogP contribution < -0.4 is 5.32 Å². The first-order valence-electron chi connectivity index (χ1n) is 8.84. The molecule has 0 aromatic heterocycles. The first-order chi connectivity index (χ1) is 12.2. The highest BCUT2D eigenvalue weighted by atomic mass is 16.5. The number of allylic oxidation sites excluding steroid dienone is 1. The lowest BCUT2D eigenvalue weighted by Gasteiger charge is -2.52. The van der Waals surface area contributed by atoms with E-state index in [9.17, 15) is 19.8 Å². The van der Waals surface area contributed by atoms with Crippen molar-refractivity contribution in [3.8, 4) is 0 Å². The Morgan fingerprint density at radius 2 is 2.00 bits per heavy atom. The maximum atomic E-state index is 11.8. The van der Waals surface area contributed by atoms with Crippen LogP contribution in [0.3, 0.4) is 0 Å². The van der Waals surface area contributed by atoms with Gasteiger partial charge in [0, 0.05) is 24.8 Å².